The molecular weight excluding hydrogens is 248 g/mol. The average molecular weight is 262 g/mol. The molecule has 1 atom stereocenters. The maximum atomic E-state index is 10.7. The van der Waals surface area contributed by atoms with E-state index in [4.69, 9.17) is 5.11 Å². The highest BCUT2D eigenvalue weighted by Gasteiger charge is 2.06. The third kappa shape index (κ3) is 3.15. The van der Waals surface area contributed by atoms with Gasteiger partial charge in [-0.1, -0.05) is 0 Å². The van der Waals surface area contributed by atoms with Crippen LogP contribution in [0.1, 0.15) is 34.6 Å². The molecule has 2 N–H and O–H groups in total. The number of carboxylic acid groups (broad SMARTS) is 1. The van der Waals surface area contributed by atoms with Gasteiger partial charge in [-0.05, 0) is 41.4 Å². The lowest BCUT2D eigenvalue weighted by molar-refractivity contribution is 0.0696. The van der Waals surface area contributed by atoms with Gasteiger partial charge in [0.05, 0.1) is 11.3 Å². The largest absolute Gasteiger partial charge is 0.478 e. The molecule has 0 fully saturated rings. The van der Waals surface area contributed by atoms with E-state index in [1.165, 1.54) is 11.8 Å². The summed E-state index contributed by atoms with van der Waals surface area (Å²) >= 11 is 1.67. The van der Waals surface area contributed by atoms with Crippen LogP contribution in [0.25, 0.3) is 0 Å². The highest BCUT2D eigenvalue weighted by molar-refractivity contribution is 7.07. The van der Waals surface area contributed by atoms with Gasteiger partial charge in [-0.15, -0.1) is 0 Å². The van der Waals surface area contributed by atoms with Crippen molar-refractivity contribution in [1.29, 1.82) is 0 Å². The van der Waals surface area contributed by atoms with Crippen LogP contribution in [0, 0.1) is 0 Å². The van der Waals surface area contributed by atoms with Crippen molar-refractivity contribution in [3.8, 4) is 0 Å². The number of thiophene rings is 1. The molecule has 5 heteroatoms. The number of aromatic carboxylic acids is 1. The summed E-state index contributed by atoms with van der Waals surface area (Å²) in [6.45, 7) is 2.71. The van der Waals surface area contributed by atoms with Crippen molar-refractivity contribution in [3.05, 3.63) is 52.0 Å². The van der Waals surface area contributed by atoms with Crippen molar-refractivity contribution in [2.75, 3.05) is 0 Å². The molecule has 0 amide bonds. The molecule has 0 saturated carbocycles. The van der Waals surface area contributed by atoms with Gasteiger partial charge < -0.3 is 10.4 Å². The predicted molar refractivity (Wildman–Crippen MR) is 70.8 cm³/mol. The molecular formula is C13H14N2O2S. The van der Waals surface area contributed by atoms with Crippen molar-refractivity contribution in [2.24, 2.45) is 0 Å². The summed E-state index contributed by atoms with van der Waals surface area (Å²) in [4.78, 5) is 14.8. The fraction of sp³-hybridized carbons (Fsp3) is 0.231. The number of pyridine rings is 1. The number of hydrogen-bond donors (Lipinski definition) is 2. The van der Waals surface area contributed by atoms with Gasteiger partial charge in [0.25, 0.3) is 0 Å². The first kappa shape index (κ1) is 12.7. The fourth-order valence-corrected chi connectivity index (χ4v) is 2.31. The van der Waals surface area contributed by atoms with E-state index in [0.29, 0.717) is 6.54 Å². The van der Waals surface area contributed by atoms with Gasteiger partial charge in [0, 0.05) is 18.8 Å². The second-order valence-electron chi connectivity index (χ2n) is 4.00. The average Bonchev–Trinajstić information content (AvgIpc) is 2.90. The standard InChI is InChI=1S/C13H14N2O2S/c1-9(11-4-5-18-8-11)14-7-12-3-2-10(6-15-12)13(16)17/h2-6,8-9,14H,7H2,1H3,(H,16,17). The van der Waals surface area contributed by atoms with Crippen LogP contribution in [0.3, 0.4) is 0 Å². The van der Waals surface area contributed by atoms with E-state index < -0.39 is 5.97 Å². The van der Waals surface area contributed by atoms with Crippen LogP contribution in [0.5, 0.6) is 0 Å². The summed E-state index contributed by atoms with van der Waals surface area (Å²) in [5.41, 5.74) is 2.30. The molecule has 2 aromatic rings. The van der Waals surface area contributed by atoms with E-state index >= 15 is 0 Å². The summed E-state index contributed by atoms with van der Waals surface area (Å²) in [6.07, 6.45) is 1.38. The Bertz CT molecular complexity index is 508. The van der Waals surface area contributed by atoms with E-state index in [9.17, 15) is 4.79 Å². The van der Waals surface area contributed by atoms with Gasteiger partial charge in [-0.25, -0.2) is 4.79 Å². The summed E-state index contributed by atoms with van der Waals surface area (Å²) < 4.78 is 0. The number of carboxylic acids is 1. The topological polar surface area (TPSA) is 62.2 Å². The summed E-state index contributed by atoms with van der Waals surface area (Å²) in [5, 5.41) is 16.3. The van der Waals surface area contributed by atoms with Gasteiger partial charge in [0.1, 0.15) is 0 Å². The molecule has 0 bridgehead atoms. The van der Waals surface area contributed by atoms with Crippen molar-refractivity contribution in [3.63, 3.8) is 0 Å². The van der Waals surface area contributed by atoms with Crippen LogP contribution in [-0.4, -0.2) is 16.1 Å². The van der Waals surface area contributed by atoms with Crippen molar-refractivity contribution >= 4 is 17.3 Å². The zero-order chi connectivity index (χ0) is 13.0. The second kappa shape index (κ2) is 5.75. The number of rotatable bonds is 5. The van der Waals surface area contributed by atoms with Crippen molar-refractivity contribution < 1.29 is 9.90 Å². The maximum absolute atomic E-state index is 10.7. The Morgan fingerprint density at radius 2 is 2.33 bits per heavy atom. The third-order valence-electron chi connectivity index (χ3n) is 2.70. The van der Waals surface area contributed by atoms with Gasteiger partial charge in [-0.3, -0.25) is 4.98 Å². The van der Waals surface area contributed by atoms with Crippen LogP contribution in [0.15, 0.2) is 35.2 Å². The van der Waals surface area contributed by atoms with Gasteiger partial charge in [0.2, 0.25) is 0 Å². The van der Waals surface area contributed by atoms with Crippen LogP contribution in [0.2, 0.25) is 0 Å². The van der Waals surface area contributed by atoms with Gasteiger partial charge >= 0.3 is 5.97 Å². The highest BCUT2D eigenvalue weighted by atomic mass is 32.1. The van der Waals surface area contributed by atoms with E-state index in [0.717, 1.165) is 5.69 Å². The Kier molecular flexibility index (Phi) is 4.07. The first-order chi connectivity index (χ1) is 8.66. The minimum absolute atomic E-state index is 0.213. The normalized spacial score (nSPS) is 12.3. The van der Waals surface area contributed by atoms with Crippen molar-refractivity contribution in [1.82, 2.24) is 10.3 Å². The van der Waals surface area contributed by atoms with Crippen LogP contribution in [0.4, 0.5) is 0 Å². The molecule has 18 heavy (non-hydrogen) atoms. The smallest absolute Gasteiger partial charge is 0.337 e. The van der Waals surface area contributed by atoms with E-state index in [1.807, 2.05) is 5.38 Å². The molecule has 4 nitrogen and oxygen atoms in total. The lowest BCUT2D eigenvalue weighted by Crippen LogP contribution is -2.18. The molecule has 94 valence electrons. The van der Waals surface area contributed by atoms with Crippen molar-refractivity contribution in [2.45, 2.75) is 19.5 Å². The molecule has 0 aliphatic heterocycles. The molecule has 0 aliphatic carbocycles. The monoisotopic (exact) mass is 262 g/mol. The van der Waals surface area contributed by atoms with Gasteiger partial charge in [0.15, 0.2) is 0 Å². The number of nitrogens with one attached hydrogen (secondary N) is 1. The number of carbonyl (C=O) groups is 1. The Morgan fingerprint density at radius 1 is 1.50 bits per heavy atom. The number of aromatic nitrogens is 1. The van der Waals surface area contributed by atoms with Crippen LogP contribution in [-0.2, 0) is 6.54 Å². The molecule has 2 aromatic heterocycles. The minimum atomic E-state index is -0.950. The first-order valence-corrected chi connectivity index (χ1v) is 6.55. The fourth-order valence-electron chi connectivity index (χ4n) is 1.55. The Morgan fingerprint density at radius 3 is 2.89 bits per heavy atom. The maximum Gasteiger partial charge on any atom is 0.337 e. The predicted octanol–water partition coefficient (Wildman–Crippen LogP) is 2.69. The first-order valence-electron chi connectivity index (χ1n) is 5.60. The second-order valence-corrected chi connectivity index (χ2v) is 4.78. The van der Waals surface area contributed by atoms with Crippen LogP contribution >= 0.6 is 11.3 Å². The summed E-state index contributed by atoms with van der Waals surface area (Å²) in [5.74, 6) is -0.950. The molecule has 0 aliphatic rings. The molecule has 1 unspecified atom stereocenters. The van der Waals surface area contributed by atoms with Crippen LogP contribution < -0.4 is 5.32 Å². The van der Waals surface area contributed by atoms with E-state index in [2.05, 4.69) is 28.7 Å². The SMILES string of the molecule is CC(NCc1ccc(C(=O)O)cn1)c1ccsc1. The Labute approximate surface area is 109 Å². The Hall–Kier alpha value is -1.72. The molecule has 0 spiro atoms. The number of hydrogen-bond acceptors (Lipinski definition) is 4. The molecule has 0 radical (unpaired) electrons. The number of nitrogens with zero attached hydrogens (tertiary/aromatic N) is 1. The van der Waals surface area contributed by atoms with E-state index in [1.54, 1.807) is 23.5 Å². The lowest BCUT2D eigenvalue weighted by atomic mass is 10.2. The third-order valence-corrected chi connectivity index (χ3v) is 3.41. The van der Waals surface area contributed by atoms with E-state index in [-0.39, 0.29) is 11.6 Å². The Balaban J connectivity index is 1.92. The summed E-state index contributed by atoms with van der Waals surface area (Å²) in [7, 11) is 0. The quantitative estimate of drug-likeness (QED) is 0.869. The highest BCUT2D eigenvalue weighted by Crippen LogP contribution is 2.15. The molecule has 2 heterocycles. The van der Waals surface area contributed by atoms with Gasteiger partial charge in [-0.2, -0.15) is 11.3 Å². The minimum Gasteiger partial charge on any atom is -0.478 e. The lowest BCUT2D eigenvalue weighted by Gasteiger charge is -2.11. The zero-order valence-electron chi connectivity index (χ0n) is 9.96. The molecule has 0 aromatic carbocycles. The zero-order valence-corrected chi connectivity index (χ0v) is 10.8. The molecule has 0 saturated heterocycles. The summed E-state index contributed by atoms with van der Waals surface area (Å²) in [6, 6.07) is 5.65. The molecule has 2 rings (SSSR count).